The Bertz CT molecular complexity index is 595. The second-order valence-corrected chi connectivity index (χ2v) is 5.30. The molecule has 0 bridgehead atoms. The molecule has 6 nitrogen and oxygen atoms in total. The minimum absolute atomic E-state index is 0.111. The Morgan fingerprint density at radius 1 is 1.41 bits per heavy atom. The van der Waals surface area contributed by atoms with Gasteiger partial charge >= 0.3 is 5.97 Å². The lowest BCUT2D eigenvalue weighted by molar-refractivity contribution is -0.142. The number of nitrogens with zero attached hydrogens (tertiary/aromatic N) is 3. The zero-order valence-corrected chi connectivity index (χ0v) is 13.6. The van der Waals surface area contributed by atoms with Crippen molar-refractivity contribution in [1.29, 1.82) is 0 Å². The Kier molecular flexibility index (Phi) is 7.52. The van der Waals surface area contributed by atoms with Gasteiger partial charge in [0.2, 0.25) is 0 Å². The number of benzene rings is 1. The predicted molar refractivity (Wildman–Crippen MR) is 87.4 cm³/mol. The summed E-state index contributed by atoms with van der Waals surface area (Å²) in [5.74, 6) is -0.754. The van der Waals surface area contributed by atoms with Crippen molar-refractivity contribution in [2.24, 2.45) is 11.7 Å². The van der Waals surface area contributed by atoms with Gasteiger partial charge in [-0.15, -0.1) is 5.10 Å². The number of fused-ring (bicyclic) bond motifs is 1. The lowest BCUT2D eigenvalue weighted by atomic mass is 10.00. The van der Waals surface area contributed by atoms with Gasteiger partial charge in [-0.05, 0) is 31.4 Å². The summed E-state index contributed by atoms with van der Waals surface area (Å²) in [4.78, 5) is 10.4. The van der Waals surface area contributed by atoms with E-state index in [0.29, 0.717) is 6.67 Å². The van der Waals surface area contributed by atoms with Crippen molar-refractivity contribution in [2.75, 3.05) is 0 Å². The third-order valence-corrected chi connectivity index (χ3v) is 3.67. The number of unbranched alkanes of at least 4 members (excludes halogenated alkanes) is 1. The average molecular weight is 306 g/mol. The fourth-order valence-electron chi connectivity index (χ4n) is 2.22. The van der Waals surface area contributed by atoms with Crippen LogP contribution in [0.1, 0.15) is 45.1 Å². The van der Waals surface area contributed by atoms with E-state index in [4.69, 9.17) is 10.8 Å². The maximum atomic E-state index is 10.4. The van der Waals surface area contributed by atoms with Crippen molar-refractivity contribution < 1.29 is 9.90 Å². The van der Waals surface area contributed by atoms with Crippen LogP contribution in [0.15, 0.2) is 18.2 Å². The lowest BCUT2D eigenvalue weighted by Gasteiger charge is -2.06. The van der Waals surface area contributed by atoms with Crippen molar-refractivity contribution in [3.8, 4) is 0 Å². The van der Waals surface area contributed by atoms with Crippen LogP contribution in [0.25, 0.3) is 11.0 Å². The highest BCUT2D eigenvalue weighted by atomic mass is 16.4. The molecule has 0 amide bonds. The molecular formula is C16H26N4O2. The number of carboxylic acid groups (broad SMARTS) is 1. The molecule has 0 aliphatic heterocycles. The molecule has 0 fully saturated rings. The van der Waals surface area contributed by atoms with Crippen LogP contribution in [0, 0.1) is 12.8 Å². The maximum Gasteiger partial charge on any atom is 0.306 e. The molecular weight excluding hydrogens is 280 g/mol. The molecule has 0 radical (unpaired) electrons. The first-order valence-electron chi connectivity index (χ1n) is 7.76. The zero-order chi connectivity index (χ0) is 16.5. The Morgan fingerprint density at radius 3 is 2.68 bits per heavy atom. The summed E-state index contributed by atoms with van der Waals surface area (Å²) in [6, 6.07) is 5.96. The van der Waals surface area contributed by atoms with Gasteiger partial charge in [-0.1, -0.05) is 44.0 Å². The van der Waals surface area contributed by atoms with Crippen LogP contribution >= 0.6 is 0 Å². The van der Waals surface area contributed by atoms with Crippen molar-refractivity contribution in [2.45, 2.75) is 53.1 Å². The van der Waals surface area contributed by atoms with Crippen molar-refractivity contribution >= 4 is 17.0 Å². The highest BCUT2D eigenvalue weighted by Gasteiger charge is 2.12. The second kappa shape index (κ2) is 9.15. The van der Waals surface area contributed by atoms with E-state index in [1.54, 1.807) is 4.68 Å². The van der Waals surface area contributed by atoms with Crippen LogP contribution in [-0.4, -0.2) is 26.1 Å². The SMILES string of the molecule is CCCCC(CC)C(=O)O.Cc1cccc2c1nnn2CN. The molecule has 2 rings (SSSR count). The molecule has 1 aromatic carbocycles. The molecule has 1 heterocycles. The second-order valence-electron chi connectivity index (χ2n) is 5.30. The number of carboxylic acids is 1. The first-order chi connectivity index (χ1) is 10.5. The molecule has 22 heavy (non-hydrogen) atoms. The molecule has 6 heteroatoms. The van der Waals surface area contributed by atoms with Gasteiger partial charge in [-0.25, -0.2) is 4.68 Å². The highest BCUT2D eigenvalue weighted by Crippen LogP contribution is 2.14. The molecule has 1 aromatic heterocycles. The van der Waals surface area contributed by atoms with Crippen molar-refractivity contribution in [3.63, 3.8) is 0 Å². The van der Waals surface area contributed by atoms with Crippen LogP contribution < -0.4 is 5.73 Å². The van der Waals surface area contributed by atoms with Crippen molar-refractivity contribution in [3.05, 3.63) is 23.8 Å². The number of carbonyl (C=O) groups is 1. The number of aromatic nitrogens is 3. The van der Waals surface area contributed by atoms with Crippen LogP contribution in [-0.2, 0) is 11.5 Å². The highest BCUT2D eigenvalue weighted by molar-refractivity contribution is 5.77. The third kappa shape index (κ3) is 4.80. The number of aryl methyl sites for hydroxylation is 1. The average Bonchev–Trinajstić information content (AvgIpc) is 2.93. The monoisotopic (exact) mass is 306 g/mol. The first kappa shape index (κ1) is 18.1. The molecule has 3 N–H and O–H groups in total. The Labute approximate surface area is 131 Å². The zero-order valence-electron chi connectivity index (χ0n) is 13.6. The van der Waals surface area contributed by atoms with E-state index in [1.165, 1.54) is 0 Å². The van der Waals surface area contributed by atoms with Gasteiger partial charge in [0.1, 0.15) is 5.52 Å². The minimum Gasteiger partial charge on any atom is -0.481 e. The van der Waals surface area contributed by atoms with Crippen LogP contribution in [0.4, 0.5) is 0 Å². The lowest BCUT2D eigenvalue weighted by Crippen LogP contribution is -2.11. The Balaban J connectivity index is 0.000000225. The molecule has 0 saturated carbocycles. The van der Waals surface area contributed by atoms with Gasteiger partial charge in [0.05, 0.1) is 18.1 Å². The summed E-state index contributed by atoms with van der Waals surface area (Å²) >= 11 is 0. The Morgan fingerprint density at radius 2 is 2.14 bits per heavy atom. The predicted octanol–water partition coefficient (Wildman–Crippen LogP) is 2.94. The largest absolute Gasteiger partial charge is 0.481 e. The molecule has 122 valence electrons. The van der Waals surface area contributed by atoms with Gasteiger partial charge in [0.25, 0.3) is 0 Å². The van der Waals surface area contributed by atoms with E-state index < -0.39 is 5.97 Å². The summed E-state index contributed by atoms with van der Waals surface area (Å²) in [6.07, 6.45) is 3.71. The summed E-state index contributed by atoms with van der Waals surface area (Å²) in [6.45, 7) is 6.39. The van der Waals surface area contributed by atoms with Gasteiger partial charge < -0.3 is 10.8 Å². The molecule has 1 atom stereocenters. The van der Waals surface area contributed by atoms with E-state index in [0.717, 1.165) is 42.3 Å². The van der Waals surface area contributed by atoms with Crippen molar-refractivity contribution in [1.82, 2.24) is 15.0 Å². The third-order valence-electron chi connectivity index (χ3n) is 3.67. The van der Waals surface area contributed by atoms with E-state index in [9.17, 15) is 4.79 Å². The maximum absolute atomic E-state index is 10.4. The molecule has 0 aliphatic rings. The number of hydrogen-bond acceptors (Lipinski definition) is 4. The van der Waals surface area contributed by atoms with Gasteiger partial charge in [-0.3, -0.25) is 4.79 Å². The van der Waals surface area contributed by atoms with E-state index >= 15 is 0 Å². The summed E-state index contributed by atoms with van der Waals surface area (Å²) < 4.78 is 1.68. The van der Waals surface area contributed by atoms with Gasteiger partial charge in [-0.2, -0.15) is 0 Å². The summed E-state index contributed by atoms with van der Waals surface area (Å²) in [7, 11) is 0. The van der Waals surface area contributed by atoms with Crippen LogP contribution in [0.5, 0.6) is 0 Å². The van der Waals surface area contributed by atoms with E-state index in [1.807, 2.05) is 32.0 Å². The summed E-state index contributed by atoms with van der Waals surface area (Å²) in [5.41, 5.74) is 8.53. The first-order valence-corrected chi connectivity index (χ1v) is 7.76. The molecule has 2 aromatic rings. The molecule has 1 unspecified atom stereocenters. The van der Waals surface area contributed by atoms with Crippen LogP contribution in [0.2, 0.25) is 0 Å². The number of nitrogens with two attached hydrogens (primary N) is 1. The molecule has 0 spiro atoms. The smallest absolute Gasteiger partial charge is 0.306 e. The number of aliphatic carboxylic acids is 1. The van der Waals surface area contributed by atoms with Crippen LogP contribution in [0.3, 0.4) is 0 Å². The van der Waals surface area contributed by atoms with E-state index in [-0.39, 0.29) is 5.92 Å². The normalized spacial score (nSPS) is 11.8. The Hall–Kier alpha value is -1.95. The molecule has 0 aliphatic carbocycles. The minimum atomic E-state index is -0.643. The quantitative estimate of drug-likeness (QED) is 0.855. The topological polar surface area (TPSA) is 94.0 Å². The fraction of sp³-hybridized carbons (Fsp3) is 0.562. The summed E-state index contributed by atoms with van der Waals surface area (Å²) in [5, 5.41) is 16.5. The van der Waals surface area contributed by atoms with Gasteiger partial charge in [0.15, 0.2) is 0 Å². The van der Waals surface area contributed by atoms with Gasteiger partial charge in [0, 0.05) is 0 Å². The molecule has 0 saturated heterocycles. The number of hydrogen-bond donors (Lipinski definition) is 2. The fourth-order valence-corrected chi connectivity index (χ4v) is 2.22. The standard InChI is InChI=1S/C8H10N4.C8H16O2/c1-6-3-2-4-7-8(6)10-11-12(7)5-9;1-3-5-6-7(4-2)8(9)10/h2-4H,5,9H2,1H3;7H,3-6H2,1-2H3,(H,9,10). The van der Waals surface area contributed by atoms with E-state index in [2.05, 4.69) is 17.2 Å². The number of rotatable bonds is 6.